The van der Waals surface area contributed by atoms with Crippen molar-refractivity contribution in [3.63, 3.8) is 0 Å². The minimum Gasteiger partial charge on any atom is -0.478 e. The standard InChI is InChI=1S/C28H22ClN3O5/c1-3-35-28(34)17(2)36-24-13-12-20(29)14-19(24)16-30-32-26(25-15-18-8-4-7-11-23(18)37-25)31-22-10-6-5-9-21(22)27(32)33/h4-17H,3H2,1-2H3/t17-/m0/s1. The second kappa shape index (κ2) is 10.3. The number of carbonyl (C=O) groups excluding carboxylic acids is 1. The van der Waals surface area contributed by atoms with Crippen LogP contribution in [0.25, 0.3) is 33.5 Å². The van der Waals surface area contributed by atoms with Crippen molar-refractivity contribution in [3.8, 4) is 17.3 Å². The summed E-state index contributed by atoms with van der Waals surface area (Å²) >= 11 is 6.22. The molecule has 5 aromatic rings. The largest absolute Gasteiger partial charge is 0.478 e. The fourth-order valence-electron chi connectivity index (χ4n) is 3.83. The van der Waals surface area contributed by atoms with Crippen molar-refractivity contribution in [2.45, 2.75) is 20.0 Å². The smallest absolute Gasteiger partial charge is 0.347 e. The van der Waals surface area contributed by atoms with Crippen LogP contribution in [0.15, 0.2) is 87.1 Å². The van der Waals surface area contributed by atoms with E-state index < -0.39 is 12.1 Å². The van der Waals surface area contributed by atoms with Gasteiger partial charge in [-0.25, -0.2) is 9.78 Å². The quantitative estimate of drug-likeness (QED) is 0.204. The van der Waals surface area contributed by atoms with Crippen molar-refractivity contribution < 1.29 is 18.7 Å². The summed E-state index contributed by atoms with van der Waals surface area (Å²) in [5, 5.41) is 6.16. The Morgan fingerprint density at radius 2 is 1.92 bits per heavy atom. The van der Waals surface area contributed by atoms with E-state index in [0.29, 0.717) is 38.6 Å². The predicted molar refractivity (Wildman–Crippen MR) is 142 cm³/mol. The summed E-state index contributed by atoms with van der Waals surface area (Å²) in [4.78, 5) is 30.3. The van der Waals surface area contributed by atoms with Gasteiger partial charge >= 0.3 is 5.97 Å². The van der Waals surface area contributed by atoms with Gasteiger partial charge in [-0.05, 0) is 56.3 Å². The monoisotopic (exact) mass is 515 g/mol. The van der Waals surface area contributed by atoms with E-state index in [-0.39, 0.29) is 18.0 Å². The first-order chi connectivity index (χ1) is 17.9. The molecule has 1 atom stereocenters. The van der Waals surface area contributed by atoms with Gasteiger partial charge in [-0.1, -0.05) is 41.9 Å². The molecule has 9 heteroatoms. The number of furan rings is 1. The summed E-state index contributed by atoms with van der Waals surface area (Å²) < 4.78 is 18.0. The molecule has 0 saturated carbocycles. The summed E-state index contributed by atoms with van der Waals surface area (Å²) in [6.45, 7) is 3.55. The van der Waals surface area contributed by atoms with Gasteiger partial charge < -0.3 is 13.9 Å². The van der Waals surface area contributed by atoms with Crippen molar-refractivity contribution in [2.24, 2.45) is 5.10 Å². The lowest BCUT2D eigenvalue weighted by Crippen LogP contribution is -2.26. The van der Waals surface area contributed by atoms with E-state index in [2.05, 4.69) is 10.1 Å². The number of benzene rings is 3. The fraction of sp³-hybridized carbons (Fsp3) is 0.143. The van der Waals surface area contributed by atoms with Crippen LogP contribution < -0.4 is 10.3 Å². The van der Waals surface area contributed by atoms with Crippen LogP contribution in [0.3, 0.4) is 0 Å². The number of halogens is 1. The molecule has 0 aliphatic rings. The highest BCUT2D eigenvalue weighted by atomic mass is 35.5. The molecule has 2 heterocycles. The van der Waals surface area contributed by atoms with Crippen LogP contribution in [0, 0.1) is 0 Å². The highest BCUT2D eigenvalue weighted by Gasteiger charge is 2.19. The Balaban J connectivity index is 1.62. The fourth-order valence-corrected chi connectivity index (χ4v) is 4.01. The molecule has 0 amide bonds. The Morgan fingerprint density at radius 3 is 2.73 bits per heavy atom. The summed E-state index contributed by atoms with van der Waals surface area (Å²) in [6, 6.07) is 21.2. The van der Waals surface area contributed by atoms with Crippen LogP contribution in [-0.2, 0) is 9.53 Å². The van der Waals surface area contributed by atoms with Gasteiger partial charge in [0.05, 0.1) is 23.7 Å². The number of hydrogen-bond donors (Lipinski definition) is 0. The molecule has 37 heavy (non-hydrogen) atoms. The van der Waals surface area contributed by atoms with Gasteiger partial charge in [0.1, 0.15) is 11.3 Å². The Bertz CT molecular complexity index is 1670. The Kier molecular flexibility index (Phi) is 6.74. The zero-order valence-electron chi connectivity index (χ0n) is 20.1. The molecule has 8 nitrogen and oxygen atoms in total. The van der Waals surface area contributed by atoms with Crippen LogP contribution in [0.1, 0.15) is 19.4 Å². The van der Waals surface area contributed by atoms with E-state index in [1.54, 1.807) is 50.2 Å². The molecular formula is C28H22ClN3O5. The summed E-state index contributed by atoms with van der Waals surface area (Å²) in [5.74, 6) is 0.475. The number of fused-ring (bicyclic) bond motifs is 2. The van der Waals surface area contributed by atoms with Crippen LogP contribution in [0.2, 0.25) is 5.02 Å². The Hall–Kier alpha value is -4.43. The minimum atomic E-state index is -0.857. The number of esters is 1. The highest BCUT2D eigenvalue weighted by molar-refractivity contribution is 6.30. The van der Waals surface area contributed by atoms with E-state index in [4.69, 9.17) is 25.5 Å². The molecule has 3 aromatic carbocycles. The molecule has 0 aliphatic heterocycles. The van der Waals surface area contributed by atoms with Gasteiger partial charge in [-0.15, -0.1) is 0 Å². The van der Waals surface area contributed by atoms with Gasteiger partial charge in [0.25, 0.3) is 5.56 Å². The predicted octanol–water partition coefficient (Wildman–Crippen LogP) is 5.68. The average molecular weight is 516 g/mol. The van der Waals surface area contributed by atoms with Crippen LogP contribution in [0.4, 0.5) is 0 Å². The van der Waals surface area contributed by atoms with E-state index in [1.165, 1.54) is 10.9 Å². The molecule has 0 bridgehead atoms. The van der Waals surface area contributed by atoms with Crippen molar-refractivity contribution in [3.05, 3.63) is 93.7 Å². The first-order valence-corrected chi connectivity index (χ1v) is 12.0. The lowest BCUT2D eigenvalue weighted by molar-refractivity contribution is -0.150. The number of para-hydroxylation sites is 2. The Morgan fingerprint density at radius 1 is 1.14 bits per heavy atom. The first kappa shape index (κ1) is 24.3. The van der Waals surface area contributed by atoms with E-state index in [9.17, 15) is 9.59 Å². The van der Waals surface area contributed by atoms with Gasteiger partial charge in [0.2, 0.25) is 5.82 Å². The molecule has 0 radical (unpaired) electrons. The molecule has 0 unspecified atom stereocenters. The maximum absolute atomic E-state index is 13.5. The molecule has 0 saturated heterocycles. The van der Waals surface area contributed by atoms with Gasteiger partial charge in [-0.3, -0.25) is 4.79 Å². The second-order valence-electron chi connectivity index (χ2n) is 8.16. The summed E-state index contributed by atoms with van der Waals surface area (Å²) in [6.07, 6.45) is 0.577. The van der Waals surface area contributed by atoms with Gasteiger partial charge in [-0.2, -0.15) is 9.78 Å². The number of carbonyl (C=O) groups is 1. The number of aromatic nitrogens is 2. The molecule has 186 valence electrons. The lowest BCUT2D eigenvalue weighted by atomic mass is 10.2. The lowest BCUT2D eigenvalue weighted by Gasteiger charge is -2.15. The Labute approximate surface area is 216 Å². The summed E-state index contributed by atoms with van der Waals surface area (Å²) in [7, 11) is 0. The molecule has 0 fully saturated rings. The minimum absolute atomic E-state index is 0.237. The van der Waals surface area contributed by atoms with E-state index in [1.807, 2.05) is 36.4 Å². The number of hydrogen-bond acceptors (Lipinski definition) is 7. The van der Waals surface area contributed by atoms with E-state index >= 15 is 0 Å². The third-order valence-electron chi connectivity index (χ3n) is 5.61. The second-order valence-corrected chi connectivity index (χ2v) is 8.59. The van der Waals surface area contributed by atoms with Crippen LogP contribution >= 0.6 is 11.6 Å². The average Bonchev–Trinajstić information content (AvgIpc) is 3.34. The SMILES string of the molecule is CCOC(=O)[C@H](C)Oc1ccc(Cl)cc1C=Nn1c(-c2cc3ccccc3o2)nc2ccccc2c1=O. The third-order valence-corrected chi connectivity index (χ3v) is 5.84. The van der Waals surface area contributed by atoms with Crippen LogP contribution in [0.5, 0.6) is 5.75 Å². The molecule has 0 aliphatic carbocycles. The molecule has 2 aromatic heterocycles. The summed E-state index contributed by atoms with van der Waals surface area (Å²) in [5.41, 5.74) is 1.26. The molecule has 0 spiro atoms. The van der Waals surface area contributed by atoms with Crippen molar-refractivity contribution in [2.75, 3.05) is 6.61 Å². The van der Waals surface area contributed by atoms with Gasteiger partial charge in [0, 0.05) is 16.0 Å². The zero-order chi connectivity index (χ0) is 25.9. The highest BCUT2D eigenvalue weighted by Crippen LogP contribution is 2.28. The molecular weight excluding hydrogens is 494 g/mol. The zero-order valence-corrected chi connectivity index (χ0v) is 20.8. The van der Waals surface area contributed by atoms with E-state index in [0.717, 1.165) is 5.39 Å². The number of rotatable bonds is 7. The van der Waals surface area contributed by atoms with Crippen molar-refractivity contribution >= 4 is 45.7 Å². The van der Waals surface area contributed by atoms with Crippen molar-refractivity contribution in [1.29, 1.82) is 0 Å². The maximum Gasteiger partial charge on any atom is 0.347 e. The number of nitrogens with zero attached hydrogens (tertiary/aromatic N) is 3. The molecule has 0 N–H and O–H groups in total. The van der Waals surface area contributed by atoms with Crippen molar-refractivity contribution in [1.82, 2.24) is 9.66 Å². The normalized spacial score (nSPS) is 12.3. The van der Waals surface area contributed by atoms with Gasteiger partial charge in [0.15, 0.2) is 11.9 Å². The maximum atomic E-state index is 13.5. The number of ether oxygens (including phenoxy) is 2. The first-order valence-electron chi connectivity index (χ1n) is 11.6. The third kappa shape index (κ3) is 4.96. The molecule has 5 rings (SSSR count). The topological polar surface area (TPSA) is 95.9 Å². The van der Waals surface area contributed by atoms with Crippen LogP contribution in [-0.4, -0.2) is 34.6 Å².